The first kappa shape index (κ1) is 16.0. The van der Waals surface area contributed by atoms with E-state index in [1.54, 1.807) is 6.92 Å². The van der Waals surface area contributed by atoms with E-state index in [2.05, 4.69) is 19.2 Å². The molecule has 0 radical (unpaired) electrons. The van der Waals surface area contributed by atoms with Crippen molar-refractivity contribution >= 4 is 5.91 Å². The Morgan fingerprint density at radius 3 is 2.81 bits per heavy atom. The lowest BCUT2D eigenvalue weighted by atomic mass is 10.1. The fourth-order valence-electron chi connectivity index (χ4n) is 2.57. The molecule has 1 aliphatic rings. The number of fused-ring (bicyclic) bond motifs is 1. The molecule has 0 saturated carbocycles. The minimum Gasteiger partial charge on any atom is -0.390 e. The van der Waals surface area contributed by atoms with Crippen LogP contribution in [-0.4, -0.2) is 29.8 Å². The molecular weight excluding hydrogens is 266 g/mol. The molecule has 0 saturated heterocycles. The van der Waals surface area contributed by atoms with Crippen LogP contribution in [0.2, 0.25) is 0 Å². The molecule has 0 spiro atoms. The zero-order chi connectivity index (χ0) is 15.4. The maximum atomic E-state index is 12.2. The Balaban J connectivity index is 1.90. The molecule has 3 atom stereocenters. The summed E-state index contributed by atoms with van der Waals surface area (Å²) in [5, 5.41) is 13.0. The van der Waals surface area contributed by atoms with Crippen LogP contribution in [0.3, 0.4) is 0 Å². The van der Waals surface area contributed by atoms with Crippen LogP contribution in [0.5, 0.6) is 0 Å². The average Bonchev–Trinajstić information content (AvgIpc) is 2.74. The number of aliphatic hydroxyl groups is 1. The third-order valence-corrected chi connectivity index (χ3v) is 3.93. The number of nitrogens with one attached hydrogen (secondary N) is 1. The summed E-state index contributed by atoms with van der Waals surface area (Å²) in [5.74, 6) is 0.392. The van der Waals surface area contributed by atoms with Crippen molar-refractivity contribution in [2.24, 2.45) is 5.92 Å². The van der Waals surface area contributed by atoms with E-state index >= 15 is 0 Å². The van der Waals surface area contributed by atoms with Crippen LogP contribution in [0.4, 0.5) is 0 Å². The van der Waals surface area contributed by atoms with Crippen molar-refractivity contribution < 1.29 is 14.6 Å². The molecule has 0 aliphatic heterocycles. The Kier molecular flexibility index (Phi) is 5.37. The molecule has 1 aromatic rings. The molecule has 2 rings (SSSR count). The lowest BCUT2D eigenvalue weighted by molar-refractivity contribution is -0.133. The molecule has 21 heavy (non-hydrogen) atoms. The van der Waals surface area contributed by atoms with Gasteiger partial charge in [-0.25, -0.2) is 0 Å². The van der Waals surface area contributed by atoms with E-state index < -0.39 is 12.2 Å². The van der Waals surface area contributed by atoms with Crippen molar-refractivity contribution in [3.8, 4) is 0 Å². The van der Waals surface area contributed by atoms with Gasteiger partial charge in [0.25, 0.3) is 0 Å². The Labute approximate surface area is 126 Å². The fourth-order valence-corrected chi connectivity index (χ4v) is 2.57. The summed E-state index contributed by atoms with van der Waals surface area (Å²) >= 11 is 0. The lowest BCUT2D eigenvalue weighted by Gasteiger charge is -2.21. The van der Waals surface area contributed by atoms with Crippen molar-refractivity contribution in [2.75, 3.05) is 6.61 Å². The molecule has 116 valence electrons. The highest BCUT2D eigenvalue weighted by Gasteiger charge is 2.32. The predicted octanol–water partition coefficient (Wildman–Crippen LogP) is 2.21. The van der Waals surface area contributed by atoms with Gasteiger partial charge in [0.05, 0.1) is 12.1 Å². The minimum atomic E-state index is -0.561. The van der Waals surface area contributed by atoms with Crippen LogP contribution in [0.1, 0.15) is 44.4 Å². The van der Waals surface area contributed by atoms with E-state index in [0.29, 0.717) is 18.9 Å². The first-order chi connectivity index (χ1) is 9.99. The largest absolute Gasteiger partial charge is 0.390 e. The molecule has 1 aromatic carbocycles. The maximum absolute atomic E-state index is 12.2. The molecule has 4 heteroatoms. The van der Waals surface area contributed by atoms with Gasteiger partial charge in [-0.3, -0.25) is 4.79 Å². The monoisotopic (exact) mass is 291 g/mol. The van der Waals surface area contributed by atoms with Gasteiger partial charge in [-0.2, -0.15) is 0 Å². The fraction of sp³-hybridized carbons (Fsp3) is 0.588. The van der Waals surface area contributed by atoms with E-state index in [4.69, 9.17) is 4.74 Å². The third kappa shape index (κ3) is 4.05. The molecule has 0 bridgehead atoms. The summed E-state index contributed by atoms with van der Waals surface area (Å²) in [6, 6.07) is 7.50. The van der Waals surface area contributed by atoms with Crippen LogP contribution in [-0.2, 0) is 16.0 Å². The van der Waals surface area contributed by atoms with Gasteiger partial charge in [0.1, 0.15) is 6.10 Å². The van der Waals surface area contributed by atoms with Gasteiger partial charge in [-0.15, -0.1) is 0 Å². The van der Waals surface area contributed by atoms with Gasteiger partial charge in [0.2, 0.25) is 5.91 Å². The van der Waals surface area contributed by atoms with Gasteiger partial charge in [-0.1, -0.05) is 38.1 Å². The molecule has 2 N–H and O–H groups in total. The quantitative estimate of drug-likeness (QED) is 0.845. The summed E-state index contributed by atoms with van der Waals surface area (Å²) in [6.07, 6.45) is 0.467. The van der Waals surface area contributed by atoms with Crippen molar-refractivity contribution in [3.63, 3.8) is 0 Å². The van der Waals surface area contributed by atoms with Crippen LogP contribution in [0, 0.1) is 5.92 Å². The second-order valence-corrected chi connectivity index (χ2v) is 6.15. The second-order valence-electron chi connectivity index (χ2n) is 6.15. The molecule has 4 nitrogen and oxygen atoms in total. The molecule has 0 aromatic heterocycles. The summed E-state index contributed by atoms with van der Waals surface area (Å²) in [6.45, 7) is 6.58. The van der Waals surface area contributed by atoms with E-state index in [0.717, 1.165) is 17.5 Å². The maximum Gasteiger partial charge on any atom is 0.249 e. The number of hydrogen-bond acceptors (Lipinski definition) is 3. The summed E-state index contributed by atoms with van der Waals surface area (Å²) in [4.78, 5) is 12.2. The second kappa shape index (κ2) is 7.05. The zero-order valence-corrected chi connectivity index (χ0v) is 13.0. The average molecular weight is 291 g/mol. The van der Waals surface area contributed by atoms with E-state index in [1.165, 1.54) is 0 Å². The smallest absolute Gasteiger partial charge is 0.249 e. The van der Waals surface area contributed by atoms with Crippen molar-refractivity contribution in [2.45, 2.75) is 51.9 Å². The lowest BCUT2D eigenvalue weighted by Crippen LogP contribution is -2.40. The van der Waals surface area contributed by atoms with E-state index in [-0.39, 0.29) is 11.9 Å². The topological polar surface area (TPSA) is 58.6 Å². The van der Waals surface area contributed by atoms with Gasteiger partial charge in [0, 0.05) is 13.0 Å². The SMILES string of the molecule is CC(C)CCOC(C)C(=O)NC1c2ccccc2CC1O. The van der Waals surface area contributed by atoms with Crippen molar-refractivity contribution in [3.05, 3.63) is 35.4 Å². The zero-order valence-electron chi connectivity index (χ0n) is 13.0. The Morgan fingerprint density at radius 2 is 2.10 bits per heavy atom. The number of aliphatic hydroxyl groups excluding tert-OH is 1. The van der Waals surface area contributed by atoms with Crippen LogP contribution in [0.15, 0.2) is 24.3 Å². The first-order valence-electron chi connectivity index (χ1n) is 7.67. The van der Waals surface area contributed by atoms with Crippen LogP contribution < -0.4 is 5.32 Å². The number of amides is 1. The Morgan fingerprint density at radius 1 is 1.38 bits per heavy atom. The van der Waals surface area contributed by atoms with Crippen molar-refractivity contribution in [1.82, 2.24) is 5.32 Å². The van der Waals surface area contributed by atoms with Gasteiger partial charge >= 0.3 is 0 Å². The summed E-state index contributed by atoms with van der Waals surface area (Å²) in [7, 11) is 0. The highest BCUT2D eigenvalue weighted by atomic mass is 16.5. The van der Waals surface area contributed by atoms with E-state index in [1.807, 2.05) is 24.3 Å². The Bertz CT molecular complexity index is 487. The number of carbonyl (C=O) groups excluding carboxylic acids is 1. The number of carbonyl (C=O) groups is 1. The number of benzene rings is 1. The van der Waals surface area contributed by atoms with Gasteiger partial charge in [-0.05, 0) is 30.4 Å². The summed E-state index contributed by atoms with van der Waals surface area (Å²) in [5.41, 5.74) is 2.11. The number of rotatable bonds is 6. The molecule has 1 aliphatic carbocycles. The highest BCUT2D eigenvalue weighted by Crippen LogP contribution is 2.31. The summed E-state index contributed by atoms with van der Waals surface area (Å²) < 4.78 is 5.55. The standard InChI is InChI=1S/C17H25NO3/c1-11(2)8-9-21-12(3)17(20)18-16-14-7-5-4-6-13(14)10-15(16)19/h4-7,11-12,15-16,19H,8-10H2,1-3H3,(H,18,20). The van der Waals surface area contributed by atoms with Crippen LogP contribution >= 0.6 is 0 Å². The Hall–Kier alpha value is -1.39. The number of hydrogen-bond donors (Lipinski definition) is 2. The minimum absolute atomic E-state index is 0.167. The third-order valence-electron chi connectivity index (χ3n) is 3.93. The molecule has 0 fully saturated rings. The highest BCUT2D eigenvalue weighted by molar-refractivity contribution is 5.81. The van der Waals surface area contributed by atoms with Crippen molar-refractivity contribution in [1.29, 1.82) is 0 Å². The number of ether oxygens (including phenoxy) is 1. The molecule has 1 amide bonds. The van der Waals surface area contributed by atoms with Gasteiger partial charge < -0.3 is 15.2 Å². The van der Waals surface area contributed by atoms with E-state index in [9.17, 15) is 9.90 Å². The first-order valence-corrected chi connectivity index (χ1v) is 7.67. The molecule has 3 unspecified atom stereocenters. The normalized spacial score (nSPS) is 22.1. The molecule has 0 heterocycles. The predicted molar refractivity (Wildman–Crippen MR) is 81.9 cm³/mol. The molecular formula is C17H25NO3. The van der Waals surface area contributed by atoms with Gasteiger partial charge in [0.15, 0.2) is 0 Å². The van der Waals surface area contributed by atoms with Crippen LogP contribution in [0.25, 0.3) is 0 Å².